The predicted molar refractivity (Wildman–Crippen MR) is 282 cm³/mol. The van der Waals surface area contributed by atoms with E-state index in [0.29, 0.717) is 17.6 Å². The summed E-state index contributed by atoms with van der Waals surface area (Å²) in [6.45, 7) is 0. The smallest absolute Gasteiger partial charge is 0.238 e. The lowest BCUT2D eigenvalue weighted by atomic mass is 9.71. The van der Waals surface area contributed by atoms with Gasteiger partial charge in [-0.25, -0.2) is 4.98 Å². The van der Waals surface area contributed by atoms with E-state index < -0.39 is 5.41 Å². The highest BCUT2D eigenvalue weighted by Gasteiger charge is 2.49. The van der Waals surface area contributed by atoms with Gasteiger partial charge in [0.25, 0.3) is 0 Å². The number of para-hydroxylation sites is 3. The lowest BCUT2D eigenvalue weighted by Crippen LogP contribution is -2.32. The van der Waals surface area contributed by atoms with Crippen molar-refractivity contribution in [3.63, 3.8) is 0 Å². The molecule has 326 valence electrons. The van der Waals surface area contributed by atoms with E-state index in [2.05, 4.69) is 205 Å². The molecule has 0 amide bonds. The first-order chi connectivity index (χ1) is 34.7. The largest absolute Gasteiger partial charge is 0.456 e. The van der Waals surface area contributed by atoms with Crippen LogP contribution in [0.5, 0.6) is 0 Å². The average molecular weight is 895 g/mol. The Morgan fingerprint density at radius 1 is 0.329 bits per heavy atom. The quantitative estimate of drug-likeness (QED) is 0.166. The van der Waals surface area contributed by atoms with Gasteiger partial charge in [0.05, 0.1) is 11.0 Å². The Kier molecular flexibility index (Phi) is 8.18. The van der Waals surface area contributed by atoms with Crippen LogP contribution in [-0.2, 0) is 5.41 Å². The molecule has 6 nitrogen and oxygen atoms in total. The van der Waals surface area contributed by atoms with Crippen LogP contribution in [0.2, 0.25) is 0 Å². The average Bonchev–Trinajstić information content (AvgIpc) is 4.17. The molecule has 0 saturated heterocycles. The molecule has 0 unspecified atom stereocenters. The molecule has 10 aromatic carbocycles. The molecule has 14 aromatic rings. The fraction of sp³-hybridized carbons (Fsp3) is 0.0156. The molecule has 1 aliphatic rings. The van der Waals surface area contributed by atoms with Crippen molar-refractivity contribution in [1.82, 2.24) is 19.5 Å². The van der Waals surface area contributed by atoms with Gasteiger partial charge in [0, 0.05) is 37.9 Å². The van der Waals surface area contributed by atoms with Crippen molar-refractivity contribution in [3.05, 3.63) is 253 Å². The maximum atomic E-state index is 6.52. The minimum Gasteiger partial charge on any atom is -0.456 e. The minimum atomic E-state index is -0.972. The number of nitrogens with zero attached hydrogens (tertiary/aromatic N) is 4. The number of fused-ring (bicyclic) bond motifs is 12. The standard InChI is InChI=1S/C64H38N4O2/c1-2-14-39(15-3-1)40-26-28-41(29-27-40)42-30-33-48-47-18-6-11-23-55(47)68(56(48)36-42)63-66-61(43-31-34-51-49-19-7-12-24-57(49)70-60(51)37-43)65-62(67-63)64(53-21-9-4-16-45(53)46-17-5-10-22-54(46)64)44-32-35-59-52(38-44)50-20-8-13-25-58(50)69-59/h1-38H. The van der Waals surface area contributed by atoms with Crippen LogP contribution in [0.3, 0.4) is 0 Å². The first-order valence-corrected chi connectivity index (χ1v) is 23.7. The summed E-state index contributed by atoms with van der Waals surface area (Å²) in [7, 11) is 0. The van der Waals surface area contributed by atoms with Crippen LogP contribution in [0.1, 0.15) is 22.5 Å². The van der Waals surface area contributed by atoms with Gasteiger partial charge in [-0.15, -0.1) is 0 Å². The van der Waals surface area contributed by atoms with E-state index in [0.717, 1.165) is 110 Å². The van der Waals surface area contributed by atoms with E-state index in [1.54, 1.807) is 0 Å². The van der Waals surface area contributed by atoms with Crippen molar-refractivity contribution in [3.8, 4) is 50.7 Å². The lowest BCUT2D eigenvalue weighted by molar-refractivity contribution is 0.665. The zero-order chi connectivity index (χ0) is 45.9. The molecule has 0 saturated carbocycles. The van der Waals surface area contributed by atoms with Gasteiger partial charge < -0.3 is 8.83 Å². The molecule has 0 spiro atoms. The molecular formula is C64H38N4O2. The second-order valence-electron chi connectivity index (χ2n) is 18.3. The second-order valence-corrected chi connectivity index (χ2v) is 18.3. The van der Waals surface area contributed by atoms with Gasteiger partial charge >= 0.3 is 0 Å². The first-order valence-electron chi connectivity index (χ1n) is 23.7. The van der Waals surface area contributed by atoms with Crippen molar-refractivity contribution < 1.29 is 8.83 Å². The SMILES string of the molecule is c1ccc(-c2ccc(-c3ccc4c5ccccc5n(-c5nc(-c6ccc7c(c6)oc6ccccc67)nc(C6(c7ccc8oc9ccccc9c8c7)c7ccccc7-c7ccccc76)n5)c4c3)cc2)cc1. The molecule has 4 heterocycles. The Bertz CT molecular complexity index is 4380. The number of hydrogen-bond donors (Lipinski definition) is 0. The van der Waals surface area contributed by atoms with E-state index in [-0.39, 0.29) is 0 Å². The number of rotatable bonds is 6. The predicted octanol–water partition coefficient (Wildman–Crippen LogP) is 16.1. The topological polar surface area (TPSA) is 69.9 Å². The van der Waals surface area contributed by atoms with E-state index in [9.17, 15) is 0 Å². The minimum absolute atomic E-state index is 0.517. The third kappa shape index (κ3) is 5.59. The highest BCUT2D eigenvalue weighted by Crippen LogP contribution is 2.56. The third-order valence-electron chi connectivity index (χ3n) is 14.6. The fourth-order valence-corrected chi connectivity index (χ4v) is 11.4. The maximum absolute atomic E-state index is 6.52. The Labute approximate surface area is 401 Å². The van der Waals surface area contributed by atoms with Crippen LogP contribution in [0.4, 0.5) is 0 Å². The number of hydrogen-bond acceptors (Lipinski definition) is 5. The maximum Gasteiger partial charge on any atom is 0.238 e. The molecule has 0 N–H and O–H groups in total. The summed E-state index contributed by atoms with van der Waals surface area (Å²) in [6, 6.07) is 81.4. The Morgan fingerprint density at radius 3 is 1.61 bits per heavy atom. The molecule has 0 aliphatic heterocycles. The number of aromatic nitrogens is 4. The van der Waals surface area contributed by atoms with E-state index in [4.69, 9.17) is 23.8 Å². The molecule has 0 atom stereocenters. The van der Waals surface area contributed by atoms with Gasteiger partial charge in [0.2, 0.25) is 5.95 Å². The van der Waals surface area contributed by atoms with Crippen LogP contribution in [-0.4, -0.2) is 19.5 Å². The van der Waals surface area contributed by atoms with Crippen LogP contribution in [0, 0.1) is 0 Å². The zero-order valence-electron chi connectivity index (χ0n) is 37.5. The van der Waals surface area contributed by atoms with Gasteiger partial charge in [-0.3, -0.25) is 4.57 Å². The Hall–Kier alpha value is -9.39. The normalized spacial score (nSPS) is 13.0. The van der Waals surface area contributed by atoms with Crippen molar-refractivity contribution in [1.29, 1.82) is 0 Å². The third-order valence-corrected chi connectivity index (χ3v) is 14.6. The van der Waals surface area contributed by atoms with Crippen LogP contribution >= 0.6 is 0 Å². The van der Waals surface area contributed by atoms with Crippen molar-refractivity contribution >= 4 is 65.7 Å². The molecular weight excluding hydrogens is 857 g/mol. The summed E-state index contributed by atoms with van der Waals surface area (Å²) >= 11 is 0. The van der Waals surface area contributed by atoms with E-state index in [1.807, 2.05) is 30.3 Å². The first kappa shape index (κ1) is 38.7. The van der Waals surface area contributed by atoms with Crippen LogP contribution in [0.25, 0.3) is 116 Å². The fourth-order valence-electron chi connectivity index (χ4n) is 11.4. The van der Waals surface area contributed by atoms with Crippen LogP contribution < -0.4 is 0 Å². The summed E-state index contributed by atoms with van der Waals surface area (Å²) in [4.78, 5) is 17.0. The molecule has 6 heteroatoms. The summed E-state index contributed by atoms with van der Waals surface area (Å²) in [5, 5.41) is 6.41. The molecule has 0 bridgehead atoms. The molecule has 0 radical (unpaired) electrons. The van der Waals surface area contributed by atoms with Gasteiger partial charge in [-0.2, -0.15) is 9.97 Å². The summed E-state index contributed by atoms with van der Waals surface area (Å²) < 4.78 is 15.2. The number of furan rings is 2. The van der Waals surface area contributed by atoms with Gasteiger partial charge in [-0.05, 0) is 98.6 Å². The van der Waals surface area contributed by atoms with Crippen molar-refractivity contribution in [2.75, 3.05) is 0 Å². The highest BCUT2D eigenvalue weighted by molar-refractivity contribution is 6.10. The summed E-state index contributed by atoms with van der Waals surface area (Å²) in [5.41, 5.74) is 15.2. The van der Waals surface area contributed by atoms with E-state index >= 15 is 0 Å². The summed E-state index contributed by atoms with van der Waals surface area (Å²) in [6.07, 6.45) is 0. The molecule has 70 heavy (non-hydrogen) atoms. The van der Waals surface area contributed by atoms with Gasteiger partial charge in [0.1, 0.15) is 27.7 Å². The molecule has 15 rings (SSSR count). The zero-order valence-corrected chi connectivity index (χ0v) is 37.5. The van der Waals surface area contributed by atoms with Crippen molar-refractivity contribution in [2.45, 2.75) is 5.41 Å². The Morgan fingerprint density at radius 2 is 0.857 bits per heavy atom. The molecule has 0 fully saturated rings. The van der Waals surface area contributed by atoms with Gasteiger partial charge in [0.15, 0.2) is 11.6 Å². The van der Waals surface area contributed by atoms with Crippen molar-refractivity contribution in [2.24, 2.45) is 0 Å². The highest BCUT2D eigenvalue weighted by atomic mass is 16.3. The van der Waals surface area contributed by atoms with Crippen LogP contribution in [0.15, 0.2) is 239 Å². The van der Waals surface area contributed by atoms with Gasteiger partial charge in [-0.1, -0.05) is 182 Å². The van der Waals surface area contributed by atoms with E-state index in [1.165, 1.54) is 11.1 Å². The number of benzene rings is 10. The second kappa shape index (κ2) is 14.8. The summed E-state index contributed by atoms with van der Waals surface area (Å²) in [5.74, 6) is 1.67. The lowest BCUT2D eigenvalue weighted by Gasteiger charge is -2.32. The molecule has 1 aliphatic carbocycles. The Balaban J connectivity index is 1.03. The monoisotopic (exact) mass is 894 g/mol. The molecule has 4 aromatic heterocycles.